The van der Waals surface area contributed by atoms with Crippen molar-refractivity contribution in [3.63, 3.8) is 0 Å². The molecule has 4 heteroatoms. The predicted octanol–water partition coefficient (Wildman–Crippen LogP) is 6.02. The second-order valence-corrected chi connectivity index (χ2v) is 13.1. The molecule has 2 heterocycles. The van der Waals surface area contributed by atoms with Gasteiger partial charge in [0.05, 0.1) is 0 Å². The molecule has 0 N–H and O–H groups in total. The molecule has 2 aromatic heterocycles. The maximum atomic E-state index is 4.65. The van der Waals surface area contributed by atoms with Gasteiger partial charge in [0.2, 0.25) is 0 Å². The van der Waals surface area contributed by atoms with Gasteiger partial charge in [0.1, 0.15) is 0 Å². The summed E-state index contributed by atoms with van der Waals surface area (Å²) in [4.78, 5) is 6.06. The van der Waals surface area contributed by atoms with Gasteiger partial charge in [-0.05, 0) is 0 Å². The maximum absolute atomic E-state index is 4.65. The van der Waals surface area contributed by atoms with Crippen LogP contribution in [-0.2, 0) is 6.42 Å². The van der Waals surface area contributed by atoms with Gasteiger partial charge < -0.3 is 0 Å². The monoisotopic (exact) mass is 454 g/mol. The van der Waals surface area contributed by atoms with Crippen LogP contribution in [0.4, 0.5) is 0 Å². The standard InChI is InChI=1S/C13H27.C7H7N2S.Sn/c1-4-7-10-13(11-8-5-2)12-9-6-3;1-2-6-7-9(5-8-6)3-4-10-7;/h4-12H2,1-3H3;4-5H,2H2,1H3;. The summed E-state index contributed by atoms with van der Waals surface area (Å²) in [5.74, 6) is 0. The van der Waals surface area contributed by atoms with Crippen molar-refractivity contribution in [3.8, 4) is 0 Å². The van der Waals surface area contributed by atoms with Crippen LogP contribution in [0.5, 0.6) is 0 Å². The Labute approximate surface area is 162 Å². The second kappa shape index (κ2) is 10.2. The molecule has 0 spiro atoms. The Morgan fingerprint density at radius 2 is 1.58 bits per heavy atom. The summed E-state index contributed by atoms with van der Waals surface area (Å²) in [6.45, 7) is 9.26. The number of imidazole rings is 1. The second-order valence-electron chi connectivity index (χ2n) is 7.06. The van der Waals surface area contributed by atoms with Crippen molar-refractivity contribution in [2.75, 3.05) is 0 Å². The first-order valence-corrected chi connectivity index (χ1v) is 13.6. The van der Waals surface area contributed by atoms with E-state index in [1.807, 2.05) is 11.3 Å². The number of fused-ring (bicyclic) bond motifs is 1. The minimum atomic E-state index is -0.650. The molecular weight excluding hydrogens is 419 g/mol. The molecular formula is C20H34N2SSn. The van der Waals surface area contributed by atoms with E-state index in [9.17, 15) is 0 Å². The summed E-state index contributed by atoms with van der Waals surface area (Å²) in [7, 11) is 0. The van der Waals surface area contributed by atoms with E-state index in [0.29, 0.717) is 3.43 Å². The van der Waals surface area contributed by atoms with Crippen LogP contribution in [0.15, 0.2) is 11.7 Å². The van der Waals surface area contributed by atoms with E-state index in [-0.39, 0.29) is 0 Å². The summed E-state index contributed by atoms with van der Waals surface area (Å²) in [6.07, 6.45) is 15.8. The SMILES string of the molecule is CCCC[C](CCCC)(CCCC)[Sn][c]1csc2c(CC)ncn12. The minimum absolute atomic E-state index is 0.650. The zero-order valence-electron chi connectivity index (χ0n) is 16.0. The van der Waals surface area contributed by atoms with Gasteiger partial charge in [0.15, 0.2) is 0 Å². The zero-order valence-corrected chi connectivity index (χ0v) is 19.7. The molecule has 0 aliphatic heterocycles. The third-order valence-corrected chi connectivity index (χ3v) is 12.2. The molecule has 24 heavy (non-hydrogen) atoms. The van der Waals surface area contributed by atoms with Crippen molar-refractivity contribution in [1.82, 2.24) is 9.38 Å². The fourth-order valence-electron chi connectivity index (χ4n) is 3.55. The van der Waals surface area contributed by atoms with E-state index < -0.39 is 21.1 Å². The van der Waals surface area contributed by atoms with E-state index >= 15 is 0 Å². The van der Waals surface area contributed by atoms with Gasteiger partial charge in [0, 0.05) is 0 Å². The zero-order chi connectivity index (χ0) is 17.4. The van der Waals surface area contributed by atoms with Gasteiger partial charge in [-0.2, -0.15) is 0 Å². The van der Waals surface area contributed by atoms with E-state index in [1.54, 1.807) is 3.71 Å². The van der Waals surface area contributed by atoms with Gasteiger partial charge in [0.25, 0.3) is 0 Å². The van der Waals surface area contributed by atoms with E-state index in [0.717, 1.165) is 6.42 Å². The Hall–Kier alpha value is -0.0313. The number of hydrogen-bond acceptors (Lipinski definition) is 2. The molecule has 0 aliphatic carbocycles. The van der Waals surface area contributed by atoms with Crippen molar-refractivity contribution in [1.29, 1.82) is 0 Å². The van der Waals surface area contributed by atoms with Gasteiger partial charge in [-0.15, -0.1) is 0 Å². The average Bonchev–Trinajstić information content (AvgIpc) is 3.18. The fourth-order valence-corrected chi connectivity index (χ4v) is 10.7. The summed E-state index contributed by atoms with van der Waals surface area (Å²) in [5.41, 5.74) is 1.28. The number of rotatable bonds is 12. The van der Waals surface area contributed by atoms with Crippen LogP contribution < -0.4 is 3.71 Å². The average molecular weight is 453 g/mol. The molecule has 134 valence electrons. The topological polar surface area (TPSA) is 17.3 Å². The first-order chi connectivity index (χ1) is 11.7. The van der Waals surface area contributed by atoms with Crippen LogP contribution in [0, 0.1) is 0 Å². The van der Waals surface area contributed by atoms with Crippen LogP contribution >= 0.6 is 11.3 Å². The molecule has 2 rings (SSSR count). The van der Waals surface area contributed by atoms with E-state index in [2.05, 4.69) is 48.8 Å². The molecule has 0 saturated heterocycles. The van der Waals surface area contributed by atoms with Crippen molar-refractivity contribution >= 4 is 41.0 Å². The van der Waals surface area contributed by atoms with Gasteiger partial charge in [-0.1, -0.05) is 0 Å². The van der Waals surface area contributed by atoms with E-state index in [4.69, 9.17) is 0 Å². The Morgan fingerprint density at radius 3 is 2.08 bits per heavy atom. The molecule has 2 radical (unpaired) electrons. The predicted molar refractivity (Wildman–Crippen MR) is 109 cm³/mol. The van der Waals surface area contributed by atoms with Crippen molar-refractivity contribution in [3.05, 3.63) is 17.4 Å². The third-order valence-electron chi connectivity index (χ3n) is 5.09. The third kappa shape index (κ3) is 5.00. The molecule has 0 aromatic carbocycles. The first-order valence-electron chi connectivity index (χ1n) is 9.91. The quantitative estimate of drug-likeness (QED) is 0.360. The van der Waals surface area contributed by atoms with Crippen LogP contribution in [0.25, 0.3) is 4.83 Å². The Bertz CT molecular complexity index is 580. The summed E-state index contributed by atoms with van der Waals surface area (Å²) < 4.78 is 4.78. The van der Waals surface area contributed by atoms with Crippen LogP contribution in [0.3, 0.4) is 0 Å². The Balaban J connectivity index is 2.27. The Kier molecular flexibility index (Phi) is 8.62. The van der Waals surface area contributed by atoms with Crippen molar-refractivity contribution in [2.24, 2.45) is 0 Å². The van der Waals surface area contributed by atoms with Crippen molar-refractivity contribution < 1.29 is 0 Å². The van der Waals surface area contributed by atoms with Crippen LogP contribution in [0.1, 0.15) is 91.2 Å². The Morgan fingerprint density at radius 1 is 1.00 bits per heavy atom. The van der Waals surface area contributed by atoms with Gasteiger partial charge in [-0.25, -0.2) is 0 Å². The van der Waals surface area contributed by atoms with Gasteiger partial charge >= 0.3 is 163 Å². The number of aromatic nitrogens is 2. The number of thiazole rings is 1. The van der Waals surface area contributed by atoms with Gasteiger partial charge in [-0.3, -0.25) is 0 Å². The summed E-state index contributed by atoms with van der Waals surface area (Å²) in [5, 5.41) is 2.47. The molecule has 2 aromatic rings. The van der Waals surface area contributed by atoms with Crippen LogP contribution in [-0.4, -0.2) is 30.5 Å². The molecule has 0 bridgehead atoms. The molecule has 2 nitrogen and oxygen atoms in total. The fraction of sp³-hybridized carbons (Fsp3) is 0.750. The normalized spacial score (nSPS) is 12.3. The molecule has 0 aliphatic rings. The van der Waals surface area contributed by atoms with Crippen molar-refractivity contribution in [2.45, 2.75) is 95.3 Å². The summed E-state index contributed by atoms with van der Waals surface area (Å²) >= 11 is 1.28. The number of hydrogen-bond donors (Lipinski definition) is 0. The van der Waals surface area contributed by atoms with Crippen LogP contribution in [0.2, 0.25) is 3.43 Å². The molecule has 0 amide bonds. The molecule has 0 atom stereocenters. The number of aryl methyl sites for hydroxylation is 1. The molecule has 0 fully saturated rings. The van der Waals surface area contributed by atoms with E-state index in [1.165, 1.54) is 68.3 Å². The molecule has 0 saturated carbocycles. The number of unbranched alkanes of at least 4 members (excludes halogenated alkanes) is 3. The molecule has 0 unspecified atom stereocenters. The first kappa shape index (κ1) is 20.3. The number of nitrogens with zero attached hydrogens (tertiary/aromatic N) is 2. The summed E-state index contributed by atoms with van der Waals surface area (Å²) in [6, 6.07) is 0.